The van der Waals surface area contributed by atoms with Crippen LogP contribution in [0.4, 0.5) is 0 Å². The van der Waals surface area contributed by atoms with Crippen molar-refractivity contribution < 1.29 is 42.6 Å². The number of amides is 1. The van der Waals surface area contributed by atoms with Gasteiger partial charge in [-0.25, -0.2) is 0 Å². The van der Waals surface area contributed by atoms with Crippen LogP contribution in [-0.4, -0.2) is 81.0 Å². The first-order valence-electron chi connectivity index (χ1n) is 15.6. The van der Waals surface area contributed by atoms with Gasteiger partial charge in [0.2, 0.25) is 5.60 Å². The van der Waals surface area contributed by atoms with Crippen molar-refractivity contribution >= 4 is 42.3 Å². The monoisotopic (exact) mass is 659 g/mol. The molecule has 11 heteroatoms. The summed E-state index contributed by atoms with van der Waals surface area (Å²) in [4.78, 5) is 54.4. The van der Waals surface area contributed by atoms with Gasteiger partial charge < -0.3 is 28.3 Å². The van der Waals surface area contributed by atoms with Crippen molar-refractivity contribution in [1.29, 1.82) is 0 Å². The van der Waals surface area contributed by atoms with Crippen molar-refractivity contribution in [1.82, 2.24) is 4.90 Å². The molecule has 0 aromatic heterocycles. The minimum absolute atomic E-state index is 0.105. The zero-order valence-corrected chi connectivity index (χ0v) is 28.6. The van der Waals surface area contributed by atoms with E-state index in [2.05, 4.69) is 20.8 Å². The Balaban J connectivity index is 1.54. The molecule has 2 heterocycles. The van der Waals surface area contributed by atoms with Gasteiger partial charge >= 0.3 is 11.9 Å². The second-order valence-electron chi connectivity index (χ2n) is 12.9. The molecule has 0 unspecified atom stereocenters. The van der Waals surface area contributed by atoms with Gasteiger partial charge in [0, 0.05) is 20.4 Å². The lowest BCUT2D eigenvalue weighted by atomic mass is 9.91. The third-order valence-electron chi connectivity index (χ3n) is 8.76. The van der Waals surface area contributed by atoms with Crippen LogP contribution in [-0.2, 0) is 44.4 Å². The first-order chi connectivity index (χ1) is 22.3. The van der Waals surface area contributed by atoms with Crippen LogP contribution in [0.25, 0.3) is 0 Å². The highest BCUT2D eigenvalue weighted by atomic mass is 28.4. The Hall–Kier alpha value is -4.32. The number of nitrogens with zero attached hydrogens (tertiary/aromatic N) is 1. The van der Waals surface area contributed by atoms with E-state index in [4.69, 9.17) is 23.4 Å². The van der Waals surface area contributed by atoms with Crippen LogP contribution >= 0.6 is 0 Å². The summed E-state index contributed by atoms with van der Waals surface area (Å²) in [7, 11) is -1.56. The molecule has 0 saturated carbocycles. The van der Waals surface area contributed by atoms with Gasteiger partial charge in [-0.15, -0.1) is 0 Å². The number of likely N-dealkylation sites (tertiary alicyclic amines) is 1. The maximum Gasteiger partial charge on any atom is 0.303 e. The minimum Gasteiger partial charge on any atom is -0.497 e. The summed E-state index contributed by atoms with van der Waals surface area (Å²) >= 11 is 0. The highest BCUT2D eigenvalue weighted by molar-refractivity contribution is 6.99. The van der Waals surface area contributed by atoms with Crippen LogP contribution in [0.15, 0.2) is 84.9 Å². The SMILES string of the molecule is COc1ccc(CN2CC(=O)[C@]3(O[C@H](CO[Si](c4ccccc4)(c4ccccc4)C(C)(C)C)[C@H](OC(C)=O)[C@@H]3OC(C)=O)C2=O)cc1. The number of ketones is 1. The number of ether oxygens (including phenoxy) is 4. The summed E-state index contributed by atoms with van der Waals surface area (Å²) in [5, 5.41) is 1.61. The van der Waals surface area contributed by atoms with Crippen LogP contribution in [0, 0.1) is 0 Å². The topological polar surface area (TPSA) is 118 Å². The number of esters is 2. The van der Waals surface area contributed by atoms with Gasteiger partial charge in [0.25, 0.3) is 14.2 Å². The zero-order chi connectivity index (χ0) is 34.0. The third-order valence-corrected chi connectivity index (χ3v) is 13.8. The van der Waals surface area contributed by atoms with E-state index < -0.39 is 60.9 Å². The highest BCUT2D eigenvalue weighted by Gasteiger charge is 2.71. The molecule has 47 heavy (non-hydrogen) atoms. The van der Waals surface area contributed by atoms with E-state index in [1.54, 1.807) is 31.4 Å². The summed E-state index contributed by atoms with van der Waals surface area (Å²) < 4.78 is 30.1. The van der Waals surface area contributed by atoms with Crippen molar-refractivity contribution in [3.05, 3.63) is 90.5 Å². The molecule has 1 spiro atoms. The van der Waals surface area contributed by atoms with E-state index >= 15 is 0 Å². The summed E-state index contributed by atoms with van der Waals surface area (Å²) in [5.74, 6) is -2.05. The summed E-state index contributed by atoms with van der Waals surface area (Å²) in [6.45, 7) is 8.40. The predicted molar refractivity (Wildman–Crippen MR) is 176 cm³/mol. The Morgan fingerprint density at radius 2 is 1.43 bits per heavy atom. The lowest BCUT2D eigenvalue weighted by Gasteiger charge is -2.43. The molecule has 3 aromatic carbocycles. The van der Waals surface area contributed by atoms with E-state index in [0.29, 0.717) is 5.75 Å². The van der Waals surface area contributed by atoms with E-state index in [1.165, 1.54) is 18.7 Å². The van der Waals surface area contributed by atoms with Crippen LogP contribution in [0.3, 0.4) is 0 Å². The van der Waals surface area contributed by atoms with Crippen molar-refractivity contribution in [2.24, 2.45) is 0 Å². The number of benzene rings is 3. The van der Waals surface area contributed by atoms with E-state index in [0.717, 1.165) is 15.9 Å². The molecule has 2 aliphatic heterocycles. The largest absolute Gasteiger partial charge is 0.497 e. The van der Waals surface area contributed by atoms with Crippen molar-refractivity contribution in [3.8, 4) is 5.75 Å². The number of carbonyl (C=O) groups is 4. The Morgan fingerprint density at radius 3 is 1.91 bits per heavy atom. The second kappa shape index (κ2) is 13.4. The fraction of sp³-hybridized carbons (Fsp3) is 0.389. The van der Waals surface area contributed by atoms with Gasteiger partial charge in [-0.1, -0.05) is 93.6 Å². The first-order valence-corrected chi connectivity index (χ1v) is 17.5. The smallest absolute Gasteiger partial charge is 0.303 e. The molecule has 2 aliphatic rings. The fourth-order valence-corrected chi connectivity index (χ4v) is 11.3. The Morgan fingerprint density at radius 1 is 0.872 bits per heavy atom. The molecule has 10 nitrogen and oxygen atoms in total. The first kappa shape index (κ1) is 34.0. The van der Waals surface area contributed by atoms with Crippen LogP contribution in [0.1, 0.15) is 40.2 Å². The van der Waals surface area contributed by atoms with Gasteiger partial charge in [-0.3, -0.25) is 19.2 Å². The number of Topliss-reactive ketones (excluding diaryl/α,β-unsaturated/α-hetero) is 1. The summed E-state index contributed by atoms with van der Waals surface area (Å²) in [6.07, 6.45) is -3.92. The van der Waals surface area contributed by atoms with Gasteiger partial charge in [-0.05, 0) is 33.1 Å². The highest BCUT2D eigenvalue weighted by Crippen LogP contribution is 2.43. The Bertz CT molecular complexity index is 1570. The summed E-state index contributed by atoms with van der Waals surface area (Å²) in [6, 6.07) is 27.0. The Kier molecular flexibility index (Phi) is 9.72. The fourth-order valence-electron chi connectivity index (χ4n) is 6.75. The van der Waals surface area contributed by atoms with Gasteiger partial charge in [-0.2, -0.15) is 0 Å². The van der Waals surface area contributed by atoms with Crippen LogP contribution < -0.4 is 15.1 Å². The summed E-state index contributed by atoms with van der Waals surface area (Å²) in [5.41, 5.74) is -1.45. The van der Waals surface area contributed by atoms with E-state index in [1.807, 2.05) is 60.7 Å². The van der Waals surface area contributed by atoms with E-state index in [-0.39, 0.29) is 19.7 Å². The maximum absolute atomic E-state index is 14.2. The maximum atomic E-state index is 14.2. The average Bonchev–Trinajstić information content (AvgIpc) is 3.45. The van der Waals surface area contributed by atoms with Crippen molar-refractivity contribution in [3.63, 3.8) is 0 Å². The number of hydrogen-bond donors (Lipinski definition) is 0. The van der Waals surface area contributed by atoms with E-state index in [9.17, 15) is 19.2 Å². The number of hydrogen-bond acceptors (Lipinski definition) is 9. The van der Waals surface area contributed by atoms with Crippen molar-refractivity contribution in [2.45, 2.75) is 70.1 Å². The molecule has 248 valence electrons. The number of methoxy groups -OCH3 is 1. The molecule has 2 fully saturated rings. The third kappa shape index (κ3) is 6.35. The molecule has 5 rings (SSSR count). The molecule has 3 aromatic rings. The second-order valence-corrected chi connectivity index (χ2v) is 17.2. The van der Waals surface area contributed by atoms with Gasteiger partial charge in [0.15, 0.2) is 18.0 Å². The molecule has 4 atom stereocenters. The van der Waals surface area contributed by atoms with Crippen LogP contribution in [0.5, 0.6) is 5.75 Å². The minimum atomic E-state index is -3.12. The molecule has 2 saturated heterocycles. The lowest BCUT2D eigenvalue weighted by Crippen LogP contribution is -2.67. The normalized spacial score (nSPS) is 22.9. The standard InChI is InChI=1S/C36H41NO9Si/c1-24(38)44-32-30(23-43-47(35(3,4)5,28-13-9-7-10-14-28)29-15-11-8-12-16-29)46-36(33(32)45-25(2)39)31(40)22-37(34(36)41)21-26-17-19-27(42-6)20-18-26/h7-20,30,32-33H,21-23H2,1-6H3/t30-,32+,33+,36-/m1/s1. The quantitative estimate of drug-likeness (QED) is 0.184. The molecule has 0 bridgehead atoms. The van der Waals surface area contributed by atoms with Gasteiger partial charge in [0.05, 0.1) is 20.3 Å². The zero-order valence-electron chi connectivity index (χ0n) is 27.6. The molecular formula is C36H41NO9Si. The van der Waals surface area contributed by atoms with Gasteiger partial charge in [0.1, 0.15) is 11.9 Å². The lowest BCUT2D eigenvalue weighted by molar-refractivity contribution is -0.174. The van der Waals surface area contributed by atoms with Crippen molar-refractivity contribution in [2.75, 3.05) is 20.3 Å². The molecule has 1 amide bonds. The van der Waals surface area contributed by atoms with Crippen LogP contribution in [0.2, 0.25) is 5.04 Å². The molecule has 0 radical (unpaired) electrons. The molecular weight excluding hydrogens is 618 g/mol. The predicted octanol–water partition coefficient (Wildman–Crippen LogP) is 3.18. The Labute approximate surface area is 276 Å². The average molecular weight is 660 g/mol. The molecule has 0 N–H and O–H groups in total. The molecule has 0 aliphatic carbocycles. The number of carbonyl (C=O) groups excluding carboxylic acids is 4. The number of rotatable bonds is 10.